The smallest absolute Gasteiger partial charge is 0.348 e. The molecule has 2 aromatic heterocycles. The van der Waals surface area contributed by atoms with Gasteiger partial charge in [-0.3, -0.25) is 9.59 Å². The number of carbonyl (C=O) groups is 3. The molecule has 3 aromatic rings. The molecule has 0 aliphatic heterocycles. The fourth-order valence-corrected chi connectivity index (χ4v) is 3.83. The van der Waals surface area contributed by atoms with Crippen LogP contribution in [0, 0.1) is 5.82 Å². The Kier molecular flexibility index (Phi) is 4.77. The van der Waals surface area contributed by atoms with E-state index in [1.54, 1.807) is 11.4 Å². The van der Waals surface area contributed by atoms with Crippen molar-refractivity contribution in [3.8, 4) is 0 Å². The van der Waals surface area contributed by atoms with Crippen molar-refractivity contribution < 1.29 is 23.5 Å². The Balaban J connectivity index is 1.62. The van der Waals surface area contributed by atoms with Gasteiger partial charge in [-0.25, -0.2) is 9.18 Å². The van der Waals surface area contributed by atoms with Crippen molar-refractivity contribution in [2.45, 2.75) is 0 Å². The van der Waals surface area contributed by atoms with Gasteiger partial charge in [0, 0.05) is 4.70 Å². The monoisotopic (exact) mass is 378 g/mol. The van der Waals surface area contributed by atoms with Crippen molar-refractivity contribution in [2.24, 2.45) is 5.73 Å². The standard InChI is InChI=1S/C16H11FN2O4S2/c17-9-1-2-11-8(5-9)6-12(25-11)16(22)23-7-13(20)19-15-10(14(18)21)3-4-24-15/h1-6H,7H2,(H2,18,21)(H,19,20). The number of ether oxygens (including phenoxy) is 1. The average Bonchev–Trinajstić information content (AvgIpc) is 3.18. The third-order valence-corrected chi connectivity index (χ3v) is 5.12. The zero-order valence-electron chi connectivity index (χ0n) is 12.6. The van der Waals surface area contributed by atoms with Gasteiger partial charge in [-0.05, 0) is 41.1 Å². The number of benzene rings is 1. The van der Waals surface area contributed by atoms with Crippen molar-refractivity contribution in [3.63, 3.8) is 0 Å². The van der Waals surface area contributed by atoms with Gasteiger partial charge in [0.05, 0.1) is 5.56 Å². The zero-order valence-corrected chi connectivity index (χ0v) is 14.2. The van der Waals surface area contributed by atoms with Crippen molar-refractivity contribution in [3.05, 3.63) is 52.0 Å². The lowest BCUT2D eigenvalue weighted by molar-refractivity contribution is -0.119. The SMILES string of the molecule is NC(=O)c1ccsc1NC(=O)COC(=O)c1cc2cc(F)ccc2s1. The fraction of sp³-hybridized carbons (Fsp3) is 0.0625. The first-order valence-corrected chi connectivity index (χ1v) is 8.67. The molecular formula is C16H11FN2O4S2. The number of hydrogen-bond donors (Lipinski definition) is 2. The average molecular weight is 378 g/mol. The number of carbonyl (C=O) groups excluding carboxylic acids is 3. The van der Waals surface area contributed by atoms with Crippen molar-refractivity contribution in [1.82, 2.24) is 0 Å². The van der Waals surface area contributed by atoms with Gasteiger partial charge in [0.1, 0.15) is 15.7 Å². The molecule has 6 nitrogen and oxygen atoms in total. The molecule has 0 fully saturated rings. The molecule has 0 saturated carbocycles. The third kappa shape index (κ3) is 3.83. The molecule has 0 saturated heterocycles. The first kappa shape index (κ1) is 17.1. The summed E-state index contributed by atoms with van der Waals surface area (Å²) in [7, 11) is 0. The second-order valence-corrected chi connectivity index (χ2v) is 6.94. The zero-order chi connectivity index (χ0) is 18.0. The lowest BCUT2D eigenvalue weighted by Gasteiger charge is -2.05. The predicted molar refractivity (Wildman–Crippen MR) is 93.5 cm³/mol. The molecule has 3 N–H and O–H groups in total. The highest BCUT2D eigenvalue weighted by Gasteiger charge is 2.16. The van der Waals surface area contributed by atoms with E-state index >= 15 is 0 Å². The van der Waals surface area contributed by atoms with E-state index in [4.69, 9.17) is 10.5 Å². The number of rotatable bonds is 5. The number of amides is 2. The molecule has 128 valence electrons. The van der Waals surface area contributed by atoms with Gasteiger partial charge in [0.2, 0.25) is 0 Å². The minimum Gasteiger partial charge on any atom is -0.451 e. The first-order valence-electron chi connectivity index (χ1n) is 6.97. The Morgan fingerprint density at radius 3 is 2.76 bits per heavy atom. The van der Waals surface area contributed by atoms with E-state index in [1.807, 2.05) is 0 Å². The van der Waals surface area contributed by atoms with Crippen molar-refractivity contribution in [2.75, 3.05) is 11.9 Å². The number of hydrogen-bond acceptors (Lipinski definition) is 6. The Morgan fingerprint density at radius 1 is 1.20 bits per heavy atom. The first-order chi connectivity index (χ1) is 11.9. The summed E-state index contributed by atoms with van der Waals surface area (Å²) in [6.45, 7) is -0.516. The molecule has 2 heterocycles. The van der Waals surface area contributed by atoms with E-state index in [-0.39, 0.29) is 10.4 Å². The topological polar surface area (TPSA) is 98.5 Å². The summed E-state index contributed by atoms with van der Waals surface area (Å²) in [6, 6.07) is 7.19. The van der Waals surface area contributed by atoms with E-state index in [1.165, 1.54) is 24.3 Å². The maximum atomic E-state index is 13.2. The summed E-state index contributed by atoms with van der Waals surface area (Å²) in [5, 5.41) is 4.96. The predicted octanol–water partition coefficient (Wildman–Crippen LogP) is 3.00. The summed E-state index contributed by atoms with van der Waals surface area (Å²) in [5.41, 5.74) is 5.38. The highest BCUT2D eigenvalue weighted by Crippen LogP contribution is 2.27. The van der Waals surface area contributed by atoms with Gasteiger partial charge in [0.25, 0.3) is 11.8 Å². The molecule has 0 aliphatic carbocycles. The summed E-state index contributed by atoms with van der Waals surface area (Å²) in [4.78, 5) is 35.3. The second kappa shape index (κ2) is 6.99. The minimum absolute atomic E-state index is 0.191. The molecule has 0 radical (unpaired) electrons. The van der Waals surface area contributed by atoms with Gasteiger partial charge in [-0.2, -0.15) is 0 Å². The molecular weight excluding hydrogens is 367 g/mol. The molecule has 1 aromatic carbocycles. The van der Waals surface area contributed by atoms with Crippen LogP contribution in [-0.4, -0.2) is 24.4 Å². The summed E-state index contributed by atoms with van der Waals surface area (Å²) >= 11 is 2.28. The Hall–Kier alpha value is -2.78. The molecule has 3 rings (SSSR count). The normalized spacial score (nSPS) is 10.6. The number of esters is 1. The van der Waals surface area contributed by atoms with Crippen LogP contribution in [0.15, 0.2) is 35.7 Å². The number of fused-ring (bicyclic) bond motifs is 1. The van der Waals surface area contributed by atoms with Gasteiger partial charge in [0.15, 0.2) is 6.61 Å². The molecule has 0 spiro atoms. The molecule has 9 heteroatoms. The van der Waals surface area contributed by atoms with Crippen LogP contribution < -0.4 is 11.1 Å². The van der Waals surface area contributed by atoms with Gasteiger partial charge < -0.3 is 15.8 Å². The quantitative estimate of drug-likeness (QED) is 0.667. The lowest BCUT2D eigenvalue weighted by Crippen LogP contribution is -2.22. The van der Waals surface area contributed by atoms with Crippen LogP contribution >= 0.6 is 22.7 Å². The molecule has 2 amide bonds. The molecule has 25 heavy (non-hydrogen) atoms. The Morgan fingerprint density at radius 2 is 2.00 bits per heavy atom. The van der Waals surface area contributed by atoms with Gasteiger partial charge >= 0.3 is 5.97 Å². The second-order valence-electron chi connectivity index (χ2n) is 4.94. The highest BCUT2D eigenvalue weighted by atomic mass is 32.1. The number of primary amides is 1. The van der Waals surface area contributed by atoms with E-state index in [9.17, 15) is 18.8 Å². The largest absolute Gasteiger partial charge is 0.451 e. The molecule has 0 bridgehead atoms. The number of anilines is 1. The number of thiophene rings is 2. The van der Waals surface area contributed by atoms with E-state index < -0.39 is 30.2 Å². The minimum atomic E-state index is -0.682. The summed E-state index contributed by atoms with van der Waals surface area (Å²) in [5.74, 6) is -2.33. The summed E-state index contributed by atoms with van der Waals surface area (Å²) in [6.07, 6.45) is 0. The van der Waals surface area contributed by atoms with Crippen LogP contribution in [0.3, 0.4) is 0 Å². The van der Waals surface area contributed by atoms with E-state index in [0.717, 1.165) is 27.4 Å². The van der Waals surface area contributed by atoms with Crippen LogP contribution in [0.25, 0.3) is 10.1 Å². The Labute approximate surface area is 149 Å². The number of halogens is 1. The van der Waals surface area contributed by atoms with E-state index in [2.05, 4.69) is 5.32 Å². The van der Waals surface area contributed by atoms with Crippen LogP contribution in [-0.2, 0) is 9.53 Å². The number of nitrogens with two attached hydrogens (primary N) is 1. The molecule has 0 atom stereocenters. The third-order valence-electron chi connectivity index (χ3n) is 3.20. The molecule has 0 unspecified atom stereocenters. The van der Waals surface area contributed by atoms with Crippen LogP contribution in [0.4, 0.5) is 9.39 Å². The van der Waals surface area contributed by atoms with E-state index in [0.29, 0.717) is 10.4 Å². The van der Waals surface area contributed by atoms with Crippen molar-refractivity contribution >= 4 is 55.5 Å². The van der Waals surface area contributed by atoms with Crippen LogP contribution in [0.5, 0.6) is 0 Å². The number of nitrogens with one attached hydrogen (secondary N) is 1. The lowest BCUT2D eigenvalue weighted by atomic mass is 10.2. The maximum Gasteiger partial charge on any atom is 0.348 e. The maximum absolute atomic E-state index is 13.2. The Bertz CT molecular complexity index is 980. The summed E-state index contributed by atoms with van der Waals surface area (Å²) < 4.78 is 18.9. The molecule has 0 aliphatic rings. The van der Waals surface area contributed by atoms with Crippen LogP contribution in [0.2, 0.25) is 0 Å². The van der Waals surface area contributed by atoms with Crippen molar-refractivity contribution in [1.29, 1.82) is 0 Å². The van der Waals surface area contributed by atoms with Crippen LogP contribution in [0.1, 0.15) is 20.0 Å². The van der Waals surface area contributed by atoms with Gasteiger partial charge in [-0.15, -0.1) is 22.7 Å². The van der Waals surface area contributed by atoms with Gasteiger partial charge in [-0.1, -0.05) is 0 Å². The highest BCUT2D eigenvalue weighted by molar-refractivity contribution is 7.20. The fourth-order valence-electron chi connectivity index (χ4n) is 2.08.